The number of carbonyl (C=O) groups excluding carboxylic acids is 1. The summed E-state index contributed by atoms with van der Waals surface area (Å²) in [5.74, 6) is -1.16. The van der Waals surface area contributed by atoms with Crippen molar-refractivity contribution in [3.63, 3.8) is 0 Å². The smallest absolute Gasteiger partial charge is 0.346 e. The van der Waals surface area contributed by atoms with E-state index in [1.165, 1.54) is 18.2 Å². The zero-order chi connectivity index (χ0) is 23.5. The van der Waals surface area contributed by atoms with E-state index >= 15 is 0 Å². The second kappa shape index (κ2) is 9.46. The zero-order valence-electron chi connectivity index (χ0n) is 17.9. The number of anilines is 1. The number of carboxylic acids is 1. The molecular formula is C25H22FNO5S. The lowest BCUT2D eigenvalue weighted by molar-refractivity contribution is -0.116. The van der Waals surface area contributed by atoms with E-state index in [9.17, 15) is 19.1 Å². The van der Waals surface area contributed by atoms with Gasteiger partial charge in [-0.2, -0.15) is 0 Å². The number of nitrogens with one attached hydrogen (secondary N) is 1. The molecular weight excluding hydrogens is 445 g/mol. The summed E-state index contributed by atoms with van der Waals surface area (Å²) in [5.41, 5.74) is 1.92. The standard InChI is InChI=1S/C25H22FNO5S/c1-3-10-32-18-9-8-14(12-19(18)31-4-2)17-13-20(28)27-22-21(15-6-5-7-16(26)11-15)24(25(29)30)33-23(17)22/h3,5-9,11-12,17H,1,4,10,13H2,2H3,(H,27,28)(H,29,30). The number of aromatic carboxylic acids is 1. The van der Waals surface area contributed by atoms with Crippen molar-refractivity contribution in [3.8, 4) is 22.6 Å². The summed E-state index contributed by atoms with van der Waals surface area (Å²) in [5, 5.41) is 12.7. The van der Waals surface area contributed by atoms with Gasteiger partial charge in [0.15, 0.2) is 11.5 Å². The van der Waals surface area contributed by atoms with Gasteiger partial charge in [0.05, 0.1) is 12.3 Å². The summed E-state index contributed by atoms with van der Waals surface area (Å²) in [6.07, 6.45) is 1.78. The molecule has 2 N–H and O–H groups in total. The molecule has 8 heteroatoms. The minimum absolute atomic E-state index is 0.0498. The van der Waals surface area contributed by atoms with Gasteiger partial charge in [-0.05, 0) is 42.3 Å². The van der Waals surface area contributed by atoms with Crippen LogP contribution in [0.2, 0.25) is 0 Å². The molecule has 33 heavy (non-hydrogen) atoms. The third-order valence-corrected chi connectivity index (χ3v) is 6.53. The molecule has 1 amide bonds. The Morgan fingerprint density at radius 2 is 2.09 bits per heavy atom. The molecule has 2 aromatic carbocycles. The summed E-state index contributed by atoms with van der Waals surface area (Å²) in [6.45, 7) is 6.26. The molecule has 4 rings (SSSR count). The number of hydrogen-bond acceptors (Lipinski definition) is 5. The monoisotopic (exact) mass is 467 g/mol. The largest absolute Gasteiger partial charge is 0.490 e. The molecule has 1 atom stereocenters. The fourth-order valence-corrected chi connectivity index (χ4v) is 5.15. The fraction of sp³-hybridized carbons (Fsp3) is 0.200. The quantitative estimate of drug-likeness (QED) is 0.416. The normalized spacial score (nSPS) is 14.8. The molecule has 0 bridgehead atoms. The van der Waals surface area contributed by atoms with Crippen LogP contribution in [0.25, 0.3) is 11.1 Å². The van der Waals surface area contributed by atoms with Crippen molar-refractivity contribution in [2.45, 2.75) is 19.3 Å². The van der Waals surface area contributed by atoms with Crippen LogP contribution in [0, 0.1) is 5.82 Å². The Morgan fingerprint density at radius 1 is 1.27 bits per heavy atom. The van der Waals surface area contributed by atoms with Gasteiger partial charge in [0.2, 0.25) is 5.91 Å². The van der Waals surface area contributed by atoms with Crippen LogP contribution >= 0.6 is 11.3 Å². The number of carbonyl (C=O) groups is 2. The number of halogens is 1. The number of fused-ring (bicyclic) bond motifs is 1. The first-order valence-electron chi connectivity index (χ1n) is 10.4. The summed E-state index contributed by atoms with van der Waals surface area (Å²) < 4.78 is 25.3. The van der Waals surface area contributed by atoms with Crippen molar-refractivity contribution >= 4 is 28.9 Å². The first-order valence-corrected chi connectivity index (χ1v) is 11.2. The van der Waals surface area contributed by atoms with Gasteiger partial charge in [0.25, 0.3) is 0 Å². The van der Waals surface area contributed by atoms with Crippen LogP contribution in [0.5, 0.6) is 11.5 Å². The maximum Gasteiger partial charge on any atom is 0.346 e. The Labute approximate surface area is 194 Å². The average Bonchev–Trinajstić information content (AvgIpc) is 3.17. The number of hydrogen-bond donors (Lipinski definition) is 2. The van der Waals surface area contributed by atoms with Gasteiger partial charge in [-0.15, -0.1) is 11.3 Å². The van der Waals surface area contributed by atoms with Crippen molar-refractivity contribution in [1.29, 1.82) is 0 Å². The molecule has 1 unspecified atom stereocenters. The van der Waals surface area contributed by atoms with Gasteiger partial charge in [-0.3, -0.25) is 4.79 Å². The Kier molecular flexibility index (Phi) is 6.46. The van der Waals surface area contributed by atoms with Crippen molar-refractivity contribution in [2.75, 3.05) is 18.5 Å². The van der Waals surface area contributed by atoms with Gasteiger partial charge in [0.1, 0.15) is 17.3 Å². The molecule has 0 aliphatic carbocycles. The van der Waals surface area contributed by atoms with E-state index in [0.29, 0.717) is 46.4 Å². The van der Waals surface area contributed by atoms with Crippen LogP contribution in [0.4, 0.5) is 10.1 Å². The Balaban J connectivity index is 1.85. The molecule has 3 aromatic rings. The molecule has 1 aromatic heterocycles. The van der Waals surface area contributed by atoms with Gasteiger partial charge >= 0.3 is 5.97 Å². The maximum absolute atomic E-state index is 13.9. The van der Waals surface area contributed by atoms with Gasteiger partial charge in [0, 0.05) is 22.8 Å². The lowest BCUT2D eigenvalue weighted by Gasteiger charge is -2.24. The average molecular weight is 468 g/mol. The first kappa shape index (κ1) is 22.5. The molecule has 0 saturated heterocycles. The molecule has 0 spiro atoms. The first-order chi connectivity index (χ1) is 15.9. The van der Waals surface area contributed by atoms with Crippen LogP contribution < -0.4 is 14.8 Å². The van der Waals surface area contributed by atoms with E-state index in [1.807, 2.05) is 19.1 Å². The van der Waals surface area contributed by atoms with Crippen LogP contribution in [-0.2, 0) is 4.79 Å². The highest BCUT2D eigenvalue weighted by atomic mass is 32.1. The molecule has 6 nitrogen and oxygen atoms in total. The van der Waals surface area contributed by atoms with E-state index in [4.69, 9.17) is 9.47 Å². The Morgan fingerprint density at radius 3 is 2.79 bits per heavy atom. The fourth-order valence-electron chi connectivity index (χ4n) is 3.90. The Hall–Kier alpha value is -3.65. The van der Waals surface area contributed by atoms with Gasteiger partial charge in [-0.25, -0.2) is 9.18 Å². The number of rotatable bonds is 8. The molecule has 0 saturated carbocycles. The number of amides is 1. The molecule has 170 valence electrons. The predicted octanol–water partition coefficient (Wildman–Crippen LogP) is 5.69. The highest BCUT2D eigenvalue weighted by Crippen LogP contribution is 2.50. The summed E-state index contributed by atoms with van der Waals surface area (Å²) in [4.78, 5) is 25.5. The van der Waals surface area contributed by atoms with Crippen molar-refractivity contribution in [2.24, 2.45) is 0 Å². The SMILES string of the molecule is C=CCOc1ccc(C2CC(=O)Nc3c2sc(C(=O)O)c3-c2cccc(F)c2)cc1OCC. The highest BCUT2D eigenvalue weighted by molar-refractivity contribution is 7.15. The third kappa shape index (κ3) is 4.47. The predicted molar refractivity (Wildman–Crippen MR) is 125 cm³/mol. The van der Waals surface area contributed by atoms with E-state index < -0.39 is 11.8 Å². The van der Waals surface area contributed by atoms with Crippen LogP contribution in [-0.4, -0.2) is 30.2 Å². The number of thiophene rings is 1. The second-order valence-corrected chi connectivity index (χ2v) is 8.46. The van der Waals surface area contributed by atoms with E-state index in [2.05, 4.69) is 11.9 Å². The maximum atomic E-state index is 13.9. The van der Waals surface area contributed by atoms with Crippen LogP contribution in [0.15, 0.2) is 55.1 Å². The minimum atomic E-state index is -1.13. The topological polar surface area (TPSA) is 84.9 Å². The number of carboxylic acid groups (broad SMARTS) is 1. The summed E-state index contributed by atoms with van der Waals surface area (Å²) in [6, 6.07) is 11.1. The lowest BCUT2D eigenvalue weighted by atomic mass is 9.88. The lowest BCUT2D eigenvalue weighted by Crippen LogP contribution is -2.22. The van der Waals surface area contributed by atoms with Gasteiger partial charge < -0.3 is 19.9 Å². The van der Waals surface area contributed by atoms with E-state index in [1.54, 1.807) is 18.2 Å². The third-order valence-electron chi connectivity index (χ3n) is 5.24. The molecule has 0 radical (unpaired) electrons. The summed E-state index contributed by atoms with van der Waals surface area (Å²) in [7, 11) is 0. The Bertz CT molecular complexity index is 1240. The summed E-state index contributed by atoms with van der Waals surface area (Å²) >= 11 is 1.09. The second-order valence-electron chi connectivity index (χ2n) is 7.40. The van der Waals surface area contributed by atoms with Crippen LogP contribution in [0.3, 0.4) is 0 Å². The van der Waals surface area contributed by atoms with Crippen LogP contribution in [0.1, 0.15) is 39.4 Å². The molecule has 2 heterocycles. The number of benzene rings is 2. The minimum Gasteiger partial charge on any atom is -0.490 e. The van der Waals surface area contributed by atoms with Crippen molar-refractivity contribution in [1.82, 2.24) is 0 Å². The van der Waals surface area contributed by atoms with Gasteiger partial charge in [-0.1, -0.05) is 30.9 Å². The van der Waals surface area contributed by atoms with E-state index in [-0.39, 0.29) is 23.1 Å². The number of ether oxygens (including phenoxy) is 2. The van der Waals surface area contributed by atoms with Crippen molar-refractivity contribution < 1.29 is 28.6 Å². The highest BCUT2D eigenvalue weighted by Gasteiger charge is 2.35. The van der Waals surface area contributed by atoms with Crippen molar-refractivity contribution in [3.05, 3.63) is 76.3 Å². The molecule has 1 aliphatic heterocycles. The molecule has 1 aliphatic rings. The zero-order valence-corrected chi connectivity index (χ0v) is 18.7. The molecule has 0 fully saturated rings. The van der Waals surface area contributed by atoms with E-state index in [0.717, 1.165) is 16.9 Å².